The Hall–Kier alpha value is -1.28. The molecular weight excluding hydrogens is 272 g/mol. The van der Waals surface area contributed by atoms with Gasteiger partial charge in [-0.2, -0.15) is 11.8 Å². The van der Waals surface area contributed by atoms with Gasteiger partial charge in [-0.25, -0.2) is 9.78 Å². The SMILES string of the molecule is Cn1c(=O)[nH]c2nc(N3CCSCC3)sc2c1=O. The highest BCUT2D eigenvalue weighted by molar-refractivity contribution is 7.99. The molecule has 0 bridgehead atoms. The van der Waals surface area contributed by atoms with Crippen LogP contribution in [0.15, 0.2) is 9.59 Å². The highest BCUT2D eigenvalue weighted by atomic mass is 32.2. The van der Waals surface area contributed by atoms with Gasteiger partial charge in [0.05, 0.1) is 0 Å². The van der Waals surface area contributed by atoms with E-state index in [2.05, 4.69) is 14.9 Å². The fourth-order valence-electron chi connectivity index (χ4n) is 1.86. The molecule has 0 aromatic carbocycles. The van der Waals surface area contributed by atoms with Gasteiger partial charge in [0, 0.05) is 31.6 Å². The van der Waals surface area contributed by atoms with Crippen molar-refractivity contribution in [1.29, 1.82) is 0 Å². The summed E-state index contributed by atoms with van der Waals surface area (Å²) >= 11 is 3.28. The lowest BCUT2D eigenvalue weighted by atomic mass is 10.5. The molecule has 1 fully saturated rings. The average Bonchev–Trinajstić information content (AvgIpc) is 2.81. The van der Waals surface area contributed by atoms with Crippen molar-refractivity contribution < 1.29 is 0 Å². The minimum absolute atomic E-state index is 0.274. The molecule has 0 saturated carbocycles. The summed E-state index contributed by atoms with van der Waals surface area (Å²) < 4.78 is 1.60. The monoisotopic (exact) mass is 284 g/mol. The van der Waals surface area contributed by atoms with E-state index in [0.717, 1.165) is 34.3 Å². The molecule has 18 heavy (non-hydrogen) atoms. The van der Waals surface area contributed by atoms with Crippen LogP contribution in [0.4, 0.5) is 5.13 Å². The van der Waals surface area contributed by atoms with Gasteiger partial charge in [-0.3, -0.25) is 14.3 Å². The molecule has 1 saturated heterocycles. The Morgan fingerprint density at radius 1 is 1.28 bits per heavy atom. The molecule has 0 radical (unpaired) electrons. The van der Waals surface area contributed by atoms with Crippen molar-refractivity contribution in [3.05, 3.63) is 20.8 Å². The fraction of sp³-hybridized carbons (Fsp3) is 0.500. The second-order valence-electron chi connectivity index (χ2n) is 4.07. The van der Waals surface area contributed by atoms with Crippen molar-refractivity contribution >= 4 is 38.6 Å². The predicted molar refractivity (Wildman–Crippen MR) is 75.0 cm³/mol. The number of thioether (sulfide) groups is 1. The second-order valence-corrected chi connectivity index (χ2v) is 6.27. The molecule has 1 N–H and O–H groups in total. The molecule has 96 valence electrons. The van der Waals surface area contributed by atoms with E-state index in [9.17, 15) is 9.59 Å². The lowest BCUT2D eigenvalue weighted by Gasteiger charge is -2.25. The van der Waals surface area contributed by atoms with Gasteiger partial charge in [-0.05, 0) is 0 Å². The Morgan fingerprint density at radius 2 is 2.00 bits per heavy atom. The minimum atomic E-state index is -0.418. The minimum Gasteiger partial charge on any atom is -0.346 e. The quantitative estimate of drug-likeness (QED) is 0.812. The lowest BCUT2D eigenvalue weighted by molar-refractivity contribution is 0.793. The van der Waals surface area contributed by atoms with Crippen LogP contribution in [-0.2, 0) is 7.05 Å². The smallest absolute Gasteiger partial charge is 0.329 e. The van der Waals surface area contributed by atoms with Crippen molar-refractivity contribution in [1.82, 2.24) is 14.5 Å². The number of hydrogen-bond donors (Lipinski definition) is 1. The Bertz CT molecular complexity index is 696. The predicted octanol–water partition coefficient (Wildman–Crippen LogP) is 0.236. The zero-order valence-electron chi connectivity index (χ0n) is 9.80. The van der Waals surface area contributed by atoms with Crippen LogP contribution in [0.1, 0.15) is 0 Å². The van der Waals surface area contributed by atoms with Gasteiger partial charge in [0.2, 0.25) is 0 Å². The Labute approximate surface area is 111 Å². The van der Waals surface area contributed by atoms with Crippen LogP contribution in [0, 0.1) is 0 Å². The van der Waals surface area contributed by atoms with Gasteiger partial charge in [0.1, 0.15) is 4.70 Å². The van der Waals surface area contributed by atoms with Crippen molar-refractivity contribution in [2.45, 2.75) is 0 Å². The highest BCUT2D eigenvalue weighted by Gasteiger charge is 2.17. The lowest BCUT2D eigenvalue weighted by Crippen LogP contribution is -2.32. The Kier molecular flexibility index (Phi) is 2.90. The van der Waals surface area contributed by atoms with Gasteiger partial charge in [-0.1, -0.05) is 11.3 Å². The summed E-state index contributed by atoms with van der Waals surface area (Å²) in [5.74, 6) is 2.15. The summed E-state index contributed by atoms with van der Waals surface area (Å²) in [5, 5.41) is 0.823. The third-order valence-corrected chi connectivity index (χ3v) is 4.97. The first kappa shape index (κ1) is 11.8. The number of rotatable bonds is 1. The molecule has 1 aliphatic heterocycles. The Morgan fingerprint density at radius 3 is 2.72 bits per heavy atom. The van der Waals surface area contributed by atoms with Crippen molar-refractivity contribution in [3.8, 4) is 0 Å². The molecule has 0 spiro atoms. The molecule has 0 aliphatic carbocycles. The molecule has 3 heterocycles. The average molecular weight is 284 g/mol. The number of hydrogen-bond acceptors (Lipinski definition) is 6. The van der Waals surface area contributed by atoms with Gasteiger partial charge in [-0.15, -0.1) is 0 Å². The number of nitrogens with zero attached hydrogens (tertiary/aromatic N) is 3. The summed E-state index contributed by atoms with van der Waals surface area (Å²) in [7, 11) is 1.47. The molecule has 1 aliphatic rings. The first-order chi connectivity index (χ1) is 8.66. The molecule has 6 nitrogen and oxygen atoms in total. The van der Waals surface area contributed by atoms with Crippen molar-refractivity contribution in [2.75, 3.05) is 29.5 Å². The Balaban J connectivity index is 2.13. The van der Waals surface area contributed by atoms with Crippen LogP contribution in [0.2, 0.25) is 0 Å². The van der Waals surface area contributed by atoms with Gasteiger partial charge < -0.3 is 4.90 Å². The van der Waals surface area contributed by atoms with E-state index in [1.807, 2.05) is 11.8 Å². The van der Waals surface area contributed by atoms with Gasteiger partial charge in [0.15, 0.2) is 10.8 Å². The molecule has 8 heteroatoms. The van der Waals surface area contributed by atoms with Crippen molar-refractivity contribution in [3.63, 3.8) is 0 Å². The third kappa shape index (κ3) is 1.85. The largest absolute Gasteiger partial charge is 0.346 e. The maximum absolute atomic E-state index is 11.9. The van der Waals surface area contributed by atoms with Gasteiger partial charge >= 0.3 is 5.69 Å². The molecule has 3 rings (SSSR count). The van der Waals surface area contributed by atoms with Gasteiger partial charge in [0.25, 0.3) is 5.56 Å². The van der Waals surface area contributed by atoms with E-state index in [0.29, 0.717) is 10.3 Å². The van der Waals surface area contributed by atoms with Crippen LogP contribution in [0.5, 0.6) is 0 Å². The third-order valence-electron chi connectivity index (χ3n) is 2.93. The number of thiazole rings is 1. The fourth-order valence-corrected chi connectivity index (χ4v) is 3.81. The number of anilines is 1. The van der Waals surface area contributed by atoms with E-state index >= 15 is 0 Å². The molecular formula is C10H12N4O2S2. The van der Waals surface area contributed by atoms with Crippen LogP contribution in [0.3, 0.4) is 0 Å². The van der Waals surface area contributed by atoms with Crippen molar-refractivity contribution in [2.24, 2.45) is 7.05 Å². The van der Waals surface area contributed by atoms with Crippen LogP contribution in [-0.4, -0.2) is 39.1 Å². The van der Waals surface area contributed by atoms with Crippen LogP contribution in [0.25, 0.3) is 10.3 Å². The topological polar surface area (TPSA) is 71.0 Å². The van der Waals surface area contributed by atoms with Crippen LogP contribution < -0.4 is 16.1 Å². The van der Waals surface area contributed by atoms with E-state index in [1.54, 1.807) is 0 Å². The standard InChI is InChI=1S/C10H12N4O2S2/c1-13-8(15)6-7(11-9(13)16)12-10(18-6)14-2-4-17-5-3-14/h2-5H2,1H3,(H,11,16). The summed E-state index contributed by atoms with van der Waals surface area (Å²) in [6.07, 6.45) is 0. The van der Waals surface area contributed by atoms with E-state index in [1.165, 1.54) is 18.4 Å². The maximum atomic E-state index is 11.9. The number of nitrogens with one attached hydrogen (secondary N) is 1. The molecule has 2 aromatic heterocycles. The van der Waals surface area contributed by atoms with E-state index in [-0.39, 0.29) is 5.56 Å². The van der Waals surface area contributed by atoms with E-state index < -0.39 is 5.69 Å². The number of H-pyrrole nitrogens is 1. The summed E-state index contributed by atoms with van der Waals surface area (Å²) in [4.78, 5) is 32.6. The molecule has 0 atom stereocenters. The molecule has 0 amide bonds. The zero-order valence-corrected chi connectivity index (χ0v) is 11.4. The summed E-state index contributed by atoms with van der Waals surface area (Å²) in [6, 6.07) is 0. The first-order valence-corrected chi connectivity index (χ1v) is 7.56. The molecule has 2 aromatic rings. The first-order valence-electron chi connectivity index (χ1n) is 5.59. The second kappa shape index (κ2) is 4.43. The number of fused-ring (bicyclic) bond motifs is 1. The normalized spacial score (nSPS) is 16.4. The van der Waals surface area contributed by atoms with E-state index in [4.69, 9.17) is 0 Å². The number of aromatic amines is 1. The zero-order chi connectivity index (χ0) is 12.7. The number of aromatic nitrogens is 3. The maximum Gasteiger partial charge on any atom is 0.329 e. The summed E-state index contributed by atoms with van der Waals surface area (Å²) in [5.41, 5.74) is -0.288. The molecule has 0 unspecified atom stereocenters. The van der Waals surface area contributed by atoms with Crippen LogP contribution >= 0.6 is 23.1 Å². The highest BCUT2D eigenvalue weighted by Crippen LogP contribution is 2.26. The summed E-state index contributed by atoms with van der Waals surface area (Å²) in [6.45, 7) is 1.88.